The number of nitrogens with one attached hydrogen (secondary N) is 1. The quantitative estimate of drug-likeness (QED) is 0.759. The number of hydrogen-bond donors (Lipinski definition) is 1. The zero-order chi connectivity index (χ0) is 19.2. The van der Waals surface area contributed by atoms with Crippen LogP contribution in [0.25, 0.3) is 6.08 Å². The maximum atomic E-state index is 13.0. The van der Waals surface area contributed by atoms with Crippen molar-refractivity contribution in [2.75, 3.05) is 26.3 Å². The number of hydrogen-bond acceptors (Lipinski definition) is 3. The summed E-state index contributed by atoms with van der Waals surface area (Å²) in [4.78, 5) is 27.3. The molecule has 5 nitrogen and oxygen atoms in total. The van der Waals surface area contributed by atoms with Gasteiger partial charge in [-0.25, -0.2) is 0 Å². The first-order valence-corrected chi connectivity index (χ1v) is 9.54. The maximum absolute atomic E-state index is 13.0. The number of halogens is 1. The van der Waals surface area contributed by atoms with Crippen LogP contribution in [0.1, 0.15) is 21.5 Å². The molecular weight excluding hydrogens is 408 g/mol. The third-order valence-electron chi connectivity index (χ3n) is 4.27. The highest BCUT2D eigenvalue weighted by Gasteiger charge is 2.22. The molecule has 1 N–H and O–H groups in total. The second kappa shape index (κ2) is 8.97. The van der Waals surface area contributed by atoms with Crippen LogP contribution in [0.4, 0.5) is 0 Å². The molecule has 0 spiro atoms. The van der Waals surface area contributed by atoms with Crippen molar-refractivity contribution < 1.29 is 14.3 Å². The molecule has 0 radical (unpaired) electrons. The van der Waals surface area contributed by atoms with Crippen LogP contribution in [0.2, 0.25) is 0 Å². The van der Waals surface area contributed by atoms with Gasteiger partial charge in [-0.05, 0) is 42.8 Å². The van der Waals surface area contributed by atoms with Crippen LogP contribution in [0, 0.1) is 6.92 Å². The van der Waals surface area contributed by atoms with Crippen molar-refractivity contribution in [1.29, 1.82) is 0 Å². The number of carbonyl (C=O) groups is 2. The van der Waals surface area contributed by atoms with Crippen molar-refractivity contribution in [2.24, 2.45) is 0 Å². The summed E-state index contributed by atoms with van der Waals surface area (Å²) in [5.74, 6) is -0.512. The Morgan fingerprint density at radius 3 is 2.30 bits per heavy atom. The molecule has 0 saturated carbocycles. The fraction of sp³-hybridized carbons (Fsp3) is 0.238. The number of morpholine rings is 1. The molecule has 3 rings (SSSR count). The molecule has 0 aromatic heterocycles. The van der Waals surface area contributed by atoms with Crippen molar-refractivity contribution in [1.82, 2.24) is 10.2 Å². The Morgan fingerprint density at radius 1 is 1.04 bits per heavy atom. The van der Waals surface area contributed by atoms with Gasteiger partial charge in [0, 0.05) is 23.1 Å². The van der Waals surface area contributed by atoms with Crippen molar-refractivity contribution in [2.45, 2.75) is 6.92 Å². The van der Waals surface area contributed by atoms with Crippen LogP contribution >= 0.6 is 15.9 Å². The van der Waals surface area contributed by atoms with Gasteiger partial charge in [0.1, 0.15) is 5.70 Å². The fourth-order valence-corrected chi connectivity index (χ4v) is 2.98. The Kier molecular flexibility index (Phi) is 6.42. The summed E-state index contributed by atoms with van der Waals surface area (Å²) >= 11 is 3.40. The number of benzene rings is 2. The molecule has 0 bridgehead atoms. The highest BCUT2D eigenvalue weighted by atomic mass is 79.9. The number of amides is 2. The molecule has 6 heteroatoms. The molecule has 2 amide bonds. The van der Waals surface area contributed by atoms with E-state index in [0.717, 1.165) is 15.6 Å². The summed E-state index contributed by atoms with van der Waals surface area (Å²) in [5, 5.41) is 2.79. The summed E-state index contributed by atoms with van der Waals surface area (Å²) in [6.45, 7) is 3.99. The third-order valence-corrected chi connectivity index (χ3v) is 4.80. The Bertz CT molecular complexity index is 839. The molecular formula is C21H21BrN2O3. The minimum atomic E-state index is -0.306. The summed E-state index contributed by atoms with van der Waals surface area (Å²) in [7, 11) is 0. The standard InChI is InChI=1S/C21H21BrN2O3/c1-15-2-6-17(7-3-15)20(25)23-19(14-16-4-8-18(22)9-5-16)21(26)24-10-12-27-13-11-24/h2-9,14H,10-13H2,1H3,(H,23,25). The highest BCUT2D eigenvalue weighted by Crippen LogP contribution is 2.15. The Balaban J connectivity index is 1.86. The molecule has 27 heavy (non-hydrogen) atoms. The van der Waals surface area contributed by atoms with Crippen molar-refractivity contribution >= 4 is 33.8 Å². The van der Waals surface area contributed by atoms with Crippen LogP contribution in [0.15, 0.2) is 58.7 Å². The Morgan fingerprint density at radius 2 is 1.67 bits per heavy atom. The molecule has 1 aliphatic rings. The van der Waals surface area contributed by atoms with Crippen molar-refractivity contribution in [3.05, 3.63) is 75.4 Å². The van der Waals surface area contributed by atoms with E-state index < -0.39 is 0 Å². The van der Waals surface area contributed by atoms with Gasteiger partial charge in [-0.3, -0.25) is 9.59 Å². The van der Waals surface area contributed by atoms with Gasteiger partial charge in [0.2, 0.25) is 0 Å². The molecule has 0 atom stereocenters. The maximum Gasteiger partial charge on any atom is 0.270 e. The summed E-state index contributed by atoms with van der Waals surface area (Å²) in [5.41, 5.74) is 2.67. The van der Waals surface area contributed by atoms with Gasteiger partial charge in [-0.2, -0.15) is 0 Å². The van der Waals surface area contributed by atoms with E-state index >= 15 is 0 Å². The largest absolute Gasteiger partial charge is 0.378 e. The van der Waals surface area contributed by atoms with Crippen molar-refractivity contribution in [3.8, 4) is 0 Å². The zero-order valence-corrected chi connectivity index (χ0v) is 16.7. The second-order valence-corrected chi connectivity index (χ2v) is 7.25. The van der Waals surface area contributed by atoms with Crippen LogP contribution < -0.4 is 5.32 Å². The predicted molar refractivity (Wildman–Crippen MR) is 108 cm³/mol. The van der Waals surface area contributed by atoms with Crippen LogP contribution in [-0.2, 0) is 9.53 Å². The first-order valence-electron chi connectivity index (χ1n) is 8.75. The number of carbonyl (C=O) groups excluding carboxylic acids is 2. The van der Waals surface area contributed by atoms with Crippen molar-refractivity contribution in [3.63, 3.8) is 0 Å². The molecule has 2 aromatic rings. The molecule has 1 aliphatic heterocycles. The van der Waals surface area contributed by atoms with Crippen LogP contribution in [-0.4, -0.2) is 43.0 Å². The molecule has 140 valence electrons. The molecule has 1 fully saturated rings. The first-order chi connectivity index (χ1) is 13.0. The van der Waals surface area contributed by atoms with Crippen LogP contribution in [0.5, 0.6) is 0 Å². The number of nitrogens with zero attached hydrogens (tertiary/aromatic N) is 1. The molecule has 1 saturated heterocycles. The van der Waals surface area contributed by atoms with Gasteiger partial charge >= 0.3 is 0 Å². The lowest BCUT2D eigenvalue weighted by molar-refractivity contribution is -0.131. The molecule has 2 aromatic carbocycles. The SMILES string of the molecule is Cc1ccc(C(=O)NC(=Cc2ccc(Br)cc2)C(=O)N2CCOCC2)cc1. The Hall–Kier alpha value is -2.44. The van der Waals surface area contributed by atoms with Crippen LogP contribution in [0.3, 0.4) is 0 Å². The molecule has 0 unspecified atom stereocenters. The number of ether oxygens (including phenoxy) is 1. The summed E-state index contributed by atoms with van der Waals surface area (Å²) in [6.07, 6.45) is 1.70. The lowest BCUT2D eigenvalue weighted by Gasteiger charge is -2.27. The average molecular weight is 429 g/mol. The van der Waals surface area contributed by atoms with E-state index in [2.05, 4.69) is 21.2 Å². The van der Waals surface area contributed by atoms with E-state index in [0.29, 0.717) is 31.9 Å². The number of rotatable bonds is 4. The topological polar surface area (TPSA) is 58.6 Å². The minimum absolute atomic E-state index is 0.207. The average Bonchev–Trinajstić information content (AvgIpc) is 2.69. The van der Waals surface area contributed by atoms with E-state index in [1.807, 2.05) is 43.3 Å². The molecule has 0 aliphatic carbocycles. The Labute approximate surface area is 167 Å². The van der Waals surface area contributed by atoms with Gasteiger partial charge in [0.15, 0.2) is 0 Å². The van der Waals surface area contributed by atoms with Gasteiger partial charge in [0.05, 0.1) is 13.2 Å². The van der Waals surface area contributed by atoms with E-state index in [1.54, 1.807) is 23.1 Å². The summed E-state index contributed by atoms with van der Waals surface area (Å²) in [6, 6.07) is 14.8. The lowest BCUT2D eigenvalue weighted by atomic mass is 10.1. The minimum Gasteiger partial charge on any atom is -0.378 e. The van der Waals surface area contributed by atoms with Gasteiger partial charge < -0.3 is 15.0 Å². The predicted octanol–water partition coefficient (Wildman–Crippen LogP) is 3.39. The van der Waals surface area contributed by atoms with Gasteiger partial charge in [-0.15, -0.1) is 0 Å². The van der Waals surface area contributed by atoms with E-state index in [9.17, 15) is 9.59 Å². The third kappa shape index (κ3) is 5.28. The second-order valence-electron chi connectivity index (χ2n) is 6.33. The van der Waals surface area contributed by atoms with Gasteiger partial charge in [-0.1, -0.05) is 45.8 Å². The normalized spacial score (nSPS) is 14.7. The number of aryl methyl sites for hydroxylation is 1. The highest BCUT2D eigenvalue weighted by molar-refractivity contribution is 9.10. The monoisotopic (exact) mass is 428 g/mol. The first kappa shape index (κ1) is 19.3. The zero-order valence-electron chi connectivity index (χ0n) is 15.1. The van der Waals surface area contributed by atoms with E-state index in [4.69, 9.17) is 4.74 Å². The fourth-order valence-electron chi connectivity index (χ4n) is 2.71. The van der Waals surface area contributed by atoms with Gasteiger partial charge in [0.25, 0.3) is 11.8 Å². The van der Waals surface area contributed by atoms with E-state index in [1.165, 1.54) is 0 Å². The smallest absolute Gasteiger partial charge is 0.270 e. The lowest BCUT2D eigenvalue weighted by Crippen LogP contribution is -2.44. The summed E-state index contributed by atoms with van der Waals surface area (Å²) < 4.78 is 6.27. The van der Waals surface area contributed by atoms with E-state index in [-0.39, 0.29) is 17.5 Å². The molecule has 1 heterocycles.